The summed E-state index contributed by atoms with van der Waals surface area (Å²) in [5.74, 6) is 0.759. The number of hydrogen-bond acceptors (Lipinski definition) is 5. The van der Waals surface area contributed by atoms with Crippen LogP contribution < -0.4 is 10.3 Å². The fourth-order valence-corrected chi connectivity index (χ4v) is 4.87. The first-order valence-corrected chi connectivity index (χ1v) is 11.9. The standard InChI is InChI=1S/C27H30N4O4/c1-27(2,3)35-26(33)29-15-12-18(13-16-29)31-23(32)14-17-30-25(31)24-20(9-7-10-21(24)28-30)19-8-5-6-11-22(19)34-4/h5-11,14,17-18H,12-13,15-16H2,1-4H3. The van der Waals surface area contributed by atoms with Crippen LogP contribution in [0.2, 0.25) is 0 Å². The number of para-hydroxylation sites is 1. The fourth-order valence-electron chi connectivity index (χ4n) is 4.87. The van der Waals surface area contributed by atoms with Crippen LogP contribution in [0, 0.1) is 0 Å². The van der Waals surface area contributed by atoms with Crippen molar-refractivity contribution in [2.75, 3.05) is 20.2 Å². The van der Waals surface area contributed by atoms with E-state index >= 15 is 0 Å². The zero-order valence-corrected chi connectivity index (χ0v) is 20.5. The van der Waals surface area contributed by atoms with Gasteiger partial charge in [-0.1, -0.05) is 30.3 Å². The minimum atomic E-state index is -0.540. The van der Waals surface area contributed by atoms with Gasteiger partial charge < -0.3 is 14.4 Å². The molecule has 5 rings (SSSR count). The highest BCUT2D eigenvalue weighted by Gasteiger charge is 2.29. The van der Waals surface area contributed by atoms with Gasteiger partial charge >= 0.3 is 6.09 Å². The van der Waals surface area contributed by atoms with Crippen molar-refractivity contribution in [3.8, 4) is 16.9 Å². The zero-order chi connectivity index (χ0) is 24.7. The van der Waals surface area contributed by atoms with Crippen LogP contribution in [0.1, 0.15) is 39.7 Å². The monoisotopic (exact) mass is 474 g/mol. The van der Waals surface area contributed by atoms with Crippen molar-refractivity contribution in [1.82, 2.24) is 19.1 Å². The van der Waals surface area contributed by atoms with Gasteiger partial charge in [0, 0.05) is 37.0 Å². The highest BCUT2D eigenvalue weighted by atomic mass is 16.6. The van der Waals surface area contributed by atoms with Gasteiger partial charge in [0.05, 0.1) is 18.0 Å². The van der Waals surface area contributed by atoms with E-state index in [9.17, 15) is 9.59 Å². The molecule has 1 fully saturated rings. The Morgan fingerprint density at radius 3 is 2.43 bits per heavy atom. The summed E-state index contributed by atoms with van der Waals surface area (Å²) in [4.78, 5) is 27.5. The SMILES string of the molecule is COc1ccccc1-c1cccc2nn3ccc(=O)n(C4CCN(C(=O)OC(C)(C)C)CC4)c3c12. The lowest BCUT2D eigenvalue weighted by Crippen LogP contribution is -2.43. The van der Waals surface area contributed by atoms with Gasteiger partial charge in [0.25, 0.3) is 5.56 Å². The summed E-state index contributed by atoms with van der Waals surface area (Å²) in [6.45, 7) is 6.64. The molecule has 0 unspecified atom stereocenters. The summed E-state index contributed by atoms with van der Waals surface area (Å²) in [5, 5.41) is 5.68. The van der Waals surface area contributed by atoms with Crippen LogP contribution in [-0.4, -0.2) is 51.0 Å². The molecule has 1 aliphatic rings. The van der Waals surface area contributed by atoms with Gasteiger partial charge in [-0.05, 0) is 51.3 Å². The molecule has 8 heteroatoms. The summed E-state index contributed by atoms with van der Waals surface area (Å²) in [5.41, 5.74) is 2.84. The second-order valence-corrected chi connectivity index (χ2v) is 9.89. The molecule has 2 aromatic carbocycles. The van der Waals surface area contributed by atoms with Crippen LogP contribution >= 0.6 is 0 Å². The Hall–Kier alpha value is -3.81. The molecular weight excluding hydrogens is 444 g/mol. The molecule has 1 aliphatic heterocycles. The summed E-state index contributed by atoms with van der Waals surface area (Å²) in [6.07, 6.45) is 2.72. The average molecular weight is 475 g/mol. The number of likely N-dealkylation sites (tertiary alicyclic amines) is 1. The number of piperidine rings is 1. The van der Waals surface area contributed by atoms with Crippen molar-refractivity contribution in [3.63, 3.8) is 0 Å². The van der Waals surface area contributed by atoms with E-state index in [1.54, 1.807) is 28.8 Å². The molecule has 35 heavy (non-hydrogen) atoms. The summed E-state index contributed by atoms with van der Waals surface area (Å²) in [6, 6.07) is 15.3. The molecule has 0 atom stereocenters. The molecule has 0 N–H and O–H groups in total. The van der Waals surface area contributed by atoms with Gasteiger partial charge in [-0.15, -0.1) is 0 Å². The fraction of sp³-hybridized carbons (Fsp3) is 0.370. The topological polar surface area (TPSA) is 78.1 Å². The number of aromatic nitrogens is 3. The highest BCUT2D eigenvalue weighted by molar-refractivity contribution is 6.05. The number of rotatable bonds is 3. The Balaban J connectivity index is 1.59. The molecule has 0 bridgehead atoms. The van der Waals surface area contributed by atoms with Gasteiger partial charge in [0.1, 0.15) is 17.0 Å². The molecule has 182 valence electrons. The number of carbonyl (C=O) groups excluding carboxylic acids is 1. The Morgan fingerprint density at radius 2 is 1.71 bits per heavy atom. The molecule has 0 aliphatic carbocycles. The number of hydrogen-bond donors (Lipinski definition) is 0. The van der Waals surface area contributed by atoms with Crippen molar-refractivity contribution >= 4 is 22.6 Å². The Kier molecular flexibility index (Phi) is 5.75. The molecule has 1 amide bonds. The van der Waals surface area contributed by atoms with Crippen molar-refractivity contribution in [2.45, 2.75) is 45.3 Å². The van der Waals surface area contributed by atoms with E-state index < -0.39 is 5.60 Å². The molecule has 0 saturated carbocycles. The average Bonchev–Trinajstić information content (AvgIpc) is 3.22. The second kappa shape index (κ2) is 8.76. The zero-order valence-electron chi connectivity index (χ0n) is 20.5. The van der Waals surface area contributed by atoms with Gasteiger partial charge in [0.15, 0.2) is 0 Å². The Morgan fingerprint density at radius 1 is 1.00 bits per heavy atom. The number of benzene rings is 2. The van der Waals surface area contributed by atoms with Gasteiger partial charge in [0.2, 0.25) is 0 Å². The lowest BCUT2D eigenvalue weighted by atomic mass is 10.00. The Bertz CT molecular complexity index is 1460. The van der Waals surface area contributed by atoms with Crippen molar-refractivity contribution in [2.24, 2.45) is 0 Å². The molecule has 2 aromatic heterocycles. The first-order valence-electron chi connectivity index (χ1n) is 11.9. The largest absolute Gasteiger partial charge is 0.496 e. The lowest BCUT2D eigenvalue weighted by Gasteiger charge is -2.34. The molecule has 8 nitrogen and oxygen atoms in total. The van der Waals surface area contributed by atoms with E-state index in [4.69, 9.17) is 14.6 Å². The third-order valence-electron chi connectivity index (χ3n) is 6.40. The second-order valence-electron chi connectivity index (χ2n) is 9.89. The highest BCUT2D eigenvalue weighted by Crippen LogP contribution is 2.37. The van der Waals surface area contributed by atoms with Crippen LogP contribution in [0.3, 0.4) is 0 Å². The molecular formula is C27H30N4O4. The molecule has 0 spiro atoms. The number of carbonyl (C=O) groups is 1. The van der Waals surface area contributed by atoms with Gasteiger partial charge in [-0.2, -0.15) is 5.10 Å². The van der Waals surface area contributed by atoms with Crippen LogP contribution in [-0.2, 0) is 4.74 Å². The number of fused-ring (bicyclic) bond motifs is 3. The Labute approximate surface area is 203 Å². The predicted octanol–water partition coefficient (Wildman–Crippen LogP) is 4.90. The molecule has 1 saturated heterocycles. The maximum atomic E-state index is 13.2. The van der Waals surface area contributed by atoms with E-state index in [2.05, 4.69) is 0 Å². The minimum Gasteiger partial charge on any atom is -0.496 e. The molecule has 0 radical (unpaired) electrons. The van der Waals surface area contributed by atoms with E-state index in [0.29, 0.717) is 25.9 Å². The normalized spacial score (nSPS) is 15.0. The third kappa shape index (κ3) is 4.24. The summed E-state index contributed by atoms with van der Waals surface area (Å²) >= 11 is 0. The summed E-state index contributed by atoms with van der Waals surface area (Å²) in [7, 11) is 1.66. The summed E-state index contributed by atoms with van der Waals surface area (Å²) < 4.78 is 14.8. The van der Waals surface area contributed by atoms with Gasteiger partial charge in [-0.25, -0.2) is 9.31 Å². The van der Waals surface area contributed by atoms with E-state index in [-0.39, 0.29) is 17.7 Å². The maximum Gasteiger partial charge on any atom is 0.410 e. The van der Waals surface area contributed by atoms with E-state index in [1.165, 1.54) is 0 Å². The predicted molar refractivity (Wildman–Crippen MR) is 135 cm³/mol. The first-order chi connectivity index (χ1) is 16.8. The smallest absolute Gasteiger partial charge is 0.410 e. The van der Waals surface area contributed by atoms with Crippen LogP contribution in [0.15, 0.2) is 59.5 Å². The van der Waals surface area contributed by atoms with Gasteiger partial charge in [-0.3, -0.25) is 9.36 Å². The number of ether oxygens (including phenoxy) is 2. The van der Waals surface area contributed by atoms with Crippen LogP contribution in [0.4, 0.5) is 4.79 Å². The van der Waals surface area contributed by atoms with E-state index in [1.807, 2.05) is 67.8 Å². The van der Waals surface area contributed by atoms with Crippen molar-refractivity contribution < 1.29 is 14.3 Å². The quantitative estimate of drug-likeness (QED) is 0.422. The first kappa shape index (κ1) is 23.0. The van der Waals surface area contributed by atoms with Crippen molar-refractivity contribution in [3.05, 3.63) is 65.1 Å². The van der Waals surface area contributed by atoms with Crippen LogP contribution in [0.25, 0.3) is 27.7 Å². The number of amides is 1. The third-order valence-corrected chi connectivity index (χ3v) is 6.40. The molecule has 3 heterocycles. The maximum absolute atomic E-state index is 13.2. The van der Waals surface area contributed by atoms with E-state index in [0.717, 1.165) is 33.4 Å². The number of nitrogens with zero attached hydrogens (tertiary/aromatic N) is 4. The van der Waals surface area contributed by atoms with Crippen LogP contribution in [0.5, 0.6) is 5.75 Å². The minimum absolute atomic E-state index is 0.0597. The van der Waals surface area contributed by atoms with Crippen molar-refractivity contribution in [1.29, 1.82) is 0 Å². The molecule has 4 aromatic rings. The lowest BCUT2D eigenvalue weighted by molar-refractivity contribution is 0.0188. The number of methoxy groups -OCH3 is 1.